The highest BCUT2D eigenvalue weighted by molar-refractivity contribution is 7.09. The summed E-state index contributed by atoms with van der Waals surface area (Å²) in [5, 5.41) is 3.35. The van der Waals surface area contributed by atoms with E-state index in [1.807, 2.05) is 19.2 Å². The lowest BCUT2D eigenvalue weighted by molar-refractivity contribution is 0.200. The minimum absolute atomic E-state index is 0.619. The third-order valence-corrected chi connectivity index (χ3v) is 6.37. The van der Waals surface area contributed by atoms with Gasteiger partial charge in [0, 0.05) is 47.7 Å². The SMILES string of the molecule is Cc1csc(CN(C)C2CCN(c3cccc(-c4ccnc(C)n4)c3)CC2)n1. The van der Waals surface area contributed by atoms with Crippen LogP contribution in [-0.4, -0.2) is 46.0 Å². The molecule has 5 nitrogen and oxygen atoms in total. The van der Waals surface area contributed by atoms with E-state index in [9.17, 15) is 0 Å². The summed E-state index contributed by atoms with van der Waals surface area (Å²) in [5.41, 5.74) is 4.55. The second kappa shape index (κ2) is 8.37. The normalized spacial score (nSPS) is 15.4. The van der Waals surface area contributed by atoms with E-state index < -0.39 is 0 Å². The zero-order chi connectivity index (χ0) is 19.5. The molecule has 0 bridgehead atoms. The van der Waals surface area contributed by atoms with Crippen LogP contribution < -0.4 is 4.90 Å². The fourth-order valence-electron chi connectivity index (χ4n) is 3.86. The highest BCUT2D eigenvalue weighted by Gasteiger charge is 2.23. The largest absolute Gasteiger partial charge is 0.371 e. The van der Waals surface area contributed by atoms with Gasteiger partial charge in [-0.3, -0.25) is 4.90 Å². The van der Waals surface area contributed by atoms with Crippen molar-refractivity contribution in [2.45, 2.75) is 39.3 Å². The predicted octanol–water partition coefficient (Wildman–Crippen LogP) is 4.32. The monoisotopic (exact) mass is 393 g/mol. The molecule has 0 aliphatic carbocycles. The van der Waals surface area contributed by atoms with E-state index in [4.69, 9.17) is 0 Å². The van der Waals surface area contributed by atoms with Crippen molar-refractivity contribution >= 4 is 17.0 Å². The predicted molar refractivity (Wildman–Crippen MR) is 116 cm³/mol. The van der Waals surface area contributed by atoms with Crippen LogP contribution in [0.25, 0.3) is 11.3 Å². The Morgan fingerprint density at radius 2 is 1.96 bits per heavy atom. The molecule has 0 N–H and O–H groups in total. The van der Waals surface area contributed by atoms with Gasteiger partial charge in [0.2, 0.25) is 0 Å². The molecule has 0 unspecified atom stereocenters. The van der Waals surface area contributed by atoms with Gasteiger partial charge < -0.3 is 4.90 Å². The first-order valence-electron chi connectivity index (χ1n) is 9.85. The Morgan fingerprint density at radius 3 is 2.68 bits per heavy atom. The van der Waals surface area contributed by atoms with Gasteiger partial charge in [0.1, 0.15) is 10.8 Å². The van der Waals surface area contributed by atoms with Crippen molar-refractivity contribution in [1.29, 1.82) is 0 Å². The van der Waals surface area contributed by atoms with E-state index in [-0.39, 0.29) is 0 Å². The quantitative estimate of drug-likeness (QED) is 0.646. The zero-order valence-corrected chi connectivity index (χ0v) is 17.6. The summed E-state index contributed by atoms with van der Waals surface area (Å²) in [6.45, 7) is 7.11. The number of aryl methyl sites for hydroxylation is 2. The summed E-state index contributed by atoms with van der Waals surface area (Å²) < 4.78 is 0. The molecule has 0 radical (unpaired) electrons. The first-order chi connectivity index (χ1) is 13.6. The number of aromatic nitrogens is 3. The summed E-state index contributed by atoms with van der Waals surface area (Å²) in [6.07, 6.45) is 4.19. The van der Waals surface area contributed by atoms with Crippen LogP contribution >= 0.6 is 11.3 Å². The number of piperidine rings is 1. The number of anilines is 1. The van der Waals surface area contributed by atoms with Crippen molar-refractivity contribution in [2.75, 3.05) is 25.0 Å². The molecule has 2 aromatic heterocycles. The van der Waals surface area contributed by atoms with Crippen LogP contribution in [0.4, 0.5) is 5.69 Å². The molecule has 146 valence electrons. The van der Waals surface area contributed by atoms with Gasteiger partial charge in [0.25, 0.3) is 0 Å². The molecule has 3 heterocycles. The lowest BCUT2D eigenvalue weighted by atomic mass is 10.0. The van der Waals surface area contributed by atoms with Crippen LogP contribution in [0.1, 0.15) is 29.4 Å². The molecule has 3 aromatic rings. The fraction of sp³-hybridized carbons (Fsp3) is 0.409. The van der Waals surface area contributed by atoms with Crippen LogP contribution in [0.15, 0.2) is 41.9 Å². The van der Waals surface area contributed by atoms with Gasteiger partial charge in [-0.25, -0.2) is 15.0 Å². The van der Waals surface area contributed by atoms with E-state index in [0.717, 1.165) is 42.4 Å². The molecule has 0 atom stereocenters. The Labute approximate surface area is 171 Å². The van der Waals surface area contributed by atoms with Gasteiger partial charge in [-0.2, -0.15) is 0 Å². The standard InChI is InChI=1S/C22H27N5S/c1-16-15-28-22(24-16)14-26(3)19-8-11-27(12-9-19)20-6-4-5-18(13-20)21-7-10-23-17(2)25-21/h4-7,10,13,15,19H,8-9,11-12,14H2,1-3H3. The molecule has 1 fully saturated rings. The van der Waals surface area contributed by atoms with Crippen molar-refractivity contribution in [2.24, 2.45) is 0 Å². The van der Waals surface area contributed by atoms with Gasteiger partial charge in [0.15, 0.2) is 0 Å². The highest BCUT2D eigenvalue weighted by Crippen LogP contribution is 2.27. The third-order valence-electron chi connectivity index (χ3n) is 5.42. The molecule has 1 aliphatic rings. The number of rotatable bonds is 5. The van der Waals surface area contributed by atoms with Gasteiger partial charge >= 0.3 is 0 Å². The van der Waals surface area contributed by atoms with Crippen molar-refractivity contribution < 1.29 is 0 Å². The molecule has 1 aromatic carbocycles. The summed E-state index contributed by atoms with van der Waals surface area (Å²) in [6, 6.07) is 11.3. The van der Waals surface area contributed by atoms with E-state index in [1.165, 1.54) is 23.5 Å². The third kappa shape index (κ3) is 4.39. The number of hydrogen-bond donors (Lipinski definition) is 0. The topological polar surface area (TPSA) is 45.2 Å². The second-order valence-electron chi connectivity index (χ2n) is 7.56. The van der Waals surface area contributed by atoms with Crippen LogP contribution in [0.2, 0.25) is 0 Å². The van der Waals surface area contributed by atoms with Gasteiger partial charge in [-0.1, -0.05) is 12.1 Å². The second-order valence-corrected chi connectivity index (χ2v) is 8.50. The van der Waals surface area contributed by atoms with Crippen LogP contribution in [0, 0.1) is 13.8 Å². The smallest absolute Gasteiger partial charge is 0.125 e. The van der Waals surface area contributed by atoms with Crippen LogP contribution in [0.5, 0.6) is 0 Å². The Bertz CT molecular complexity index is 930. The number of benzene rings is 1. The van der Waals surface area contributed by atoms with E-state index in [2.05, 4.69) is 68.4 Å². The van der Waals surface area contributed by atoms with Crippen LogP contribution in [-0.2, 0) is 6.54 Å². The average molecular weight is 394 g/mol. The van der Waals surface area contributed by atoms with Crippen molar-refractivity contribution in [1.82, 2.24) is 19.9 Å². The van der Waals surface area contributed by atoms with Gasteiger partial charge in [-0.05, 0) is 51.9 Å². The molecule has 1 aliphatic heterocycles. The maximum absolute atomic E-state index is 4.61. The number of thiazole rings is 1. The summed E-state index contributed by atoms with van der Waals surface area (Å²) >= 11 is 1.77. The Balaban J connectivity index is 1.39. The average Bonchev–Trinajstić information content (AvgIpc) is 3.13. The van der Waals surface area contributed by atoms with Crippen LogP contribution in [0.3, 0.4) is 0 Å². The highest BCUT2D eigenvalue weighted by atomic mass is 32.1. The minimum atomic E-state index is 0.619. The maximum Gasteiger partial charge on any atom is 0.125 e. The molecule has 28 heavy (non-hydrogen) atoms. The van der Waals surface area contributed by atoms with Gasteiger partial charge in [0.05, 0.1) is 12.2 Å². The first kappa shape index (κ1) is 19.0. The minimum Gasteiger partial charge on any atom is -0.371 e. The van der Waals surface area contributed by atoms with E-state index >= 15 is 0 Å². The van der Waals surface area contributed by atoms with Crippen molar-refractivity contribution in [3.63, 3.8) is 0 Å². The number of nitrogens with zero attached hydrogens (tertiary/aromatic N) is 5. The molecule has 1 saturated heterocycles. The summed E-state index contributed by atoms with van der Waals surface area (Å²) in [7, 11) is 2.23. The summed E-state index contributed by atoms with van der Waals surface area (Å²) in [5.74, 6) is 0.808. The molecular formula is C22H27N5S. The molecule has 0 spiro atoms. The fourth-order valence-corrected chi connectivity index (χ4v) is 4.70. The summed E-state index contributed by atoms with van der Waals surface area (Å²) in [4.78, 5) is 18.3. The number of hydrogen-bond acceptors (Lipinski definition) is 6. The molecule has 4 rings (SSSR count). The Morgan fingerprint density at radius 1 is 1.14 bits per heavy atom. The lowest BCUT2D eigenvalue weighted by Crippen LogP contribution is -2.43. The van der Waals surface area contributed by atoms with E-state index in [1.54, 1.807) is 11.3 Å². The molecular weight excluding hydrogens is 366 g/mol. The maximum atomic E-state index is 4.61. The lowest BCUT2D eigenvalue weighted by Gasteiger charge is -2.37. The zero-order valence-electron chi connectivity index (χ0n) is 16.8. The van der Waals surface area contributed by atoms with Crippen molar-refractivity contribution in [3.8, 4) is 11.3 Å². The first-order valence-corrected chi connectivity index (χ1v) is 10.7. The molecule has 6 heteroatoms. The molecule has 0 amide bonds. The Hall–Kier alpha value is -2.31. The van der Waals surface area contributed by atoms with Gasteiger partial charge in [-0.15, -0.1) is 11.3 Å². The van der Waals surface area contributed by atoms with Crippen molar-refractivity contribution in [3.05, 3.63) is 58.4 Å². The van der Waals surface area contributed by atoms with E-state index in [0.29, 0.717) is 6.04 Å². The molecule has 0 saturated carbocycles. The Kier molecular flexibility index (Phi) is 5.69.